The Hall–Kier alpha value is -0.390. The molecule has 0 bridgehead atoms. The van der Waals surface area contributed by atoms with E-state index in [1.54, 1.807) is 11.3 Å². The molecular formula is C12H11IOS. The van der Waals surface area contributed by atoms with Crippen LogP contribution in [0.2, 0.25) is 0 Å². The molecule has 1 N–H and O–H groups in total. The number of hydrogen-bond donors (Lipinski definition) is 1. The van der Waals surface area contributed by atoms with Crippen LogP contribution in [0.15, 0.2) is 35.7 Å². The van der Waals surface area contributed by atoms with Crippen molar-refractivity contribution >= 4 is 33.9 Å². The maximum Gasteiger partial charge on any atom is 0.105 e. The van der Waals surface area contributed by atoms with Gasteiger partial charge in [-0.05, 0) is 57.7 Å². The van der Waals surface area contributed by atoms with Gasteiger partial charge in [0, 0.05) is 0 Å². The summed E-state index contributed by atoms with van der Waals surface area (Å²) in [6.45, 7) is 2.02. The van der Waals surface area contributed by atoms with Gasteiger partial charge in [0.25, 0.3) is 0 Å². The minimum Gasteiger partial charge on any atom is -0.384 e. The normalized spacial score (nSPS) is 12.7. The smallest absolute Gasteiger partial charge is 0.105 e. The summed E-state index contributed by atoms with van der Waals surface area (Å²) in [5, 5.41) is 12.2. The number of hydrogen-bond acceptors (Lipinski definition) is 2. The zero-order chi connectivity index (χ0) is 10.8. The SMILES string of the molecule is Cc1ccccc1C(O)c1csc(I)c1. The predicted molar refractivity (Wildman–Crippen MR) is 72.3 cm³/mol. The summed E-state index contributed by atoms with van der Waals surface area (Å²) in [6.07, 6.45) is -0.494. The predicted octanol–water partition coefficient (Wildman–Crippen LogP) is 3.74. The van der Waals surface area contributed by atoms with E-state index in [0.717, 1.165) is 16.7 Å². The van der Waals surface area contributed by atoms with Crippen LogP contribution in [-0.2, 0) is 0 Å². The molecule has 3 heteroatoms. The van der Waals surface area contributed by atoms with Gasteiger partial charge in [0.05, 0.1) is 2.88 Å². The molecule has 0 spiro atoms. The minimum absolute atomic E-state index is 0.494. The van der Waals surface area contributed by atoms with Gasteiger partial charge in [0.1, 0.15) is 6.10 Å². The topological polar surface area (TPSA) is 20.2 Å². The molecule has 0 aliphatic rings. The number of aliphatic hydroxyl groups is 1. The first-order chi connectivity index (χ1) is 7.18. The van der Waals surface area contributed by atoms with Crippen molar-refractivity contribution in [1.29, 1.82) is 0 Å². The van der Waals surface area contributed by atoms with E-state index in [4.69, 9.17) is 0 Å². The lowest BCUT2D eigenvalue weighted by molar-refractivity contribution is 0.220. The lowest BCUT2D eigenvalue weighted by Gasteiger charge is -2.11. The van der Waals surface area contributed by atoms with E-state index >= 15 is 0 Å². The molecule has 0 radical (unpaired) electrons. The Morgan fingerprint density at radius 1 is 1.33 bits per heavy atom. The summed E-state index contributed by atoms with van der Waals surface area (Å²) in [4.78, 5) is 0. The van der Waals surface area contributed by atoms with Gasteiger partial charge in [-0.1, -0.05) is 24.3 Å². The van der Waals surface area contributed by atoms with Crippen molar-refractivity contribution in [3.05, 3.63) is 55.3 Å². The highest BCUT2D eigenvalue weighted by Gasteiger charge is 2.13. The van der Waals surface area contributed by atoms with E-state index in [1.165, 1.54) is 2.88 Å². The maximum atomic E-state index is 10.2. The first-order valence-corrected chi connectivity index (χ1v) is 6.62. The number of thiophene rings is 1. The number of benzene rings is 1. The second-order valence-electron chi connectivity index (χ2n) is 3.44. The van der Waals surface area contributed by atoms with Crippen LogP contribution < -0.4 is 0 Å². The molecule has 2 rings (SSSR count). The first kappa shape index (κ1) is 11.1. The Labute approximate surface area is 107 Å². The fraction of sp³-hybridized carbons (Fsp3) is 0.167. The number of halogens is 1. The summed E-state index contributed by atoms with van der Waals surface area (Å²) < 4.78 is 1.20. The Morgan fingerprint density at radius 3 is 2.67 bits per heavy atom. The first-order valence-electron chi connectivity index (χ1n) is 4.66. The van der Waals surface area contributed by atoms with E-state index in [2.05, 4.69) is 22.6 Å². The lowest BCUT2D eigenvalue weighted by atomic mass is 10.00. The monoisotopic (exact) mass is 330 g/mol. The standard InChI is InChI=1S/C12H11IOS/c1-8-4-2-3-5-10(8)12(14)9-6-11(13)15-7-9/h2-7,12,14H,1H3. The van der Waals surface area contributed by atoms with E-state index in [0.29, 0.717) is 0 Å². The molecule has 1 unspecified atom stereocenters. The van der Waals surface area contributed by atoms with Gasteiger partial charge >= 0.3 is 0 Å². The van der Waals surface area contributed by atoms with Crippen LogP contribution in [0.1, 0.15) is 22.8 Å². The molecule has 78 valence electrons. The van der Waals surface area contributed by atoms with Crippen LogP contribution in [0.4, 0.5) is 0 Å². The van der Waals surface area contributed by atoms with Crippen LogP contribution in [0.5, 0.6) is 0 Å². The maximum absolute atomic E-state index is 10.2. The van der Waals surface area contributed by atoms with Crippen molar-refractivity contribution in [2.24, 2.45) is 0 Å². The molecule has 0 saturated carbocycles. The molecule has 1 heterocycles. The fourth-order valence-electron chi connectivity index (χ4n) is 1.54. The van der Waals surface area contributed by atoms with Crippen molar-refractivity contribution in [1.82, 2.24) is 0 Å². The van der Waals surface area contributed by atoms with E-state index in [9.17, 15) is 5.11 Å². The number of aliphatic hydroxyl groups excluding tert-OH is 1. The molecule has 0 saturated heterocycles. The van der Waals surface area contributed by atoms with E-state index < -0.39 is 6.10 Å². The molecule has 15 heavy (non-hydrogen) atoms. The van der Waals surface area contributed by atoms with Crippen molar-refractivity contribution in [2.75, 3.05) is 0 Å². The average molecular weight is 330 g/mol. The van der Waals surface area contributed by atoms with Crippen LogP contribution in [0.25, 0.3) is 0 Å². The molecule has 1 aromatic heterocycles. The van der Waals surface area contributed by atoms with Crippen LogP contribution in [0, 0.1) is 9.81 Å². The second kappa shape index (κ2) is 4.63. The van der Waals surface area contributed by atoms with Crippen molar-refractivity contribution in [2.45, 2.75) is 13.0 Å². The highest BCUT2D eigenvalue weighted by atomic mass is 127. The summed E-state index contributed by atoms with van der Waals surface area (Å²) >= 11 is 3.93. The van der Waals surface area contributed by atoms with E-state index in [1.807, 2.05) is 42.6 Å². The van der Waals surface area contributed by atoms with Crippen molar-refractivity contribution < 1.29 is 5.11 Å². The van der Waals surface area contributed by atoms with Gasteiger partial charge in [-0.25, -0.2) is 0 Å². The third-order valence-electron chi connectivity index (χ3n) is 2.39. The van der Waals surface area contributed by atoms with Gasteiger partial charge in [0.15, 0.2) is 0 Å². The quantitative estimate of drug-likeness (QED) is 0.832. The van der Waals surface area contributed by atoms with E-state index in [-0.39, 0.29) is 0 Å². The van der Waals surface area contributed by atoms with Gasteiger partial charge < -0.3 is 5.11 Å². The molecular weight excluding hydrogens is 319 g/mol. The summed E-state index contributed by atoms with van der Waals surface area (Å²) in [6, 6.07) is 9.98. The second-order valence-corrected chi connectivity index (χ2v) is 6.25. The lowest BCUT2D eigenvalue weighted by Crippen LogP contribution is -2.00. The average Bonchev–Trinajstić information content (AvgIpc) is 2.65. The molecule has 0 aliphatic carbocycles. The van der Waals surface area contributed by atoms with Crippen molar-refractivity contribution in [3.8, 4) is 0 Å². The number of rotatable bonds is 2. The van der Waals surface area contributed by atoms with Gasteiger partial charge in [-0.2, -0.15) is 0 Å². The fourth-order valence-corrected chi connectivity index (χ4v) is 2.93. The van der Waals surface area contributed by atoms with Crippen LogP contribution >= 0.6 is 33.9 Å². The number of aryl methyl sites for hydroxylation is 1. The Kier molecular flexibility index (Phi) is 3.43. The summed E-state index contributed by atoms with van der Waals surface area (Å²) in [7, 11) is 0. The Bertz CT molecular complexity index is 464. The zero-order valence-corrected chi connectivity index (χ0v) is 11.2. The van der Waals surface area contributed by atoms with Crippen LogP contribution in [-0.4, -0.2) is 5.11 Å². The summed E-state index contributed by atoms with van der Waals surface area (Å²) in [5.41, 5.74) is 3.11. The van der Waals surface area contributed by atoms with Gasteiger partial charge in [-0.15, -0.1) is 11.3 Å². The molecule has 0 aliphatic heterocycles. The molecule has 2 aromatic rings. The molecule has 1 aromatic carbocycles. The highest BCUT2D eigenvalue weighted by Crippen LogP contribution is 2.28. The third-order valence-corrected chi connectivity index (χ3v) is 4.19. The Morgan fingerprint density at radius 2 is 2.07 bits per heavy atom. The van der Waals surface area contributed by atoms with Crippen molar-refractivity contribution in [3.63, 3.8) is 0 Å². The van der Waals surface area contributed by atoms with Gasteiger partial charge in [0.2, 0.25) is 0 Å². The zero-order valence-electron chi connectivity index (χ0n) is 8.27. The molecule has 0 fully saturated rings. The molecule has 1 atom stereocenters. The molecule has 0 amide bonds. The highest BCUT2D eigenvalue weighted by molar-refractivity contribution is 14.1. The van der Waals surface area contributed by atoms with Gasteiger partial charge in [-0.3, -0.25) is 0 Å². The van der Waals surface area contributed by atoms with Crippen LogP contribution in [0.3, 0.4) is 0 Å². The third kappa shape index (κ3) is 2.41. The molecule has 1 nitrogen and oxygen atoms in total. The summed E-state index contributed by atoms with van der Waals surface area (Å²) in [5.74, 6) is 0. The largest absolute Gasteiger partial charge is 0.384 e. The minimum atomic E-state index is -0.494. The Balaban J connectivity index is 2.36.